The van der Waals surface area contributed by atoms with Crippen LogP contribution >= 0.6 is 0 Å². The summed E-state index contributed by atoms with van der Waals surface area (Å²) in [6.07, 6.45) is 5.20. The van der Waals surface area contributed by atoms with Crippen molar-refractivity contribution in [2.75, 3.05) is 6.54 Å². The average Bonchev–Trinajstić information content (AvgIpc) is 2.95. The summed E-state index contributed by atoms with van der Waals surface area (Å²) in [5, 5.41) is 9.81. The molecule has 0 saturated heterocycles. The van der Waals surface area contributed by atoms with Gasteiger partial charge < -0.3 is 10.1 Å². The van der Waals surface area contributed by atoms with Gasteiger partial charge in [0.25, 0.3) is 5.56 Å². The highest BCUT2D eigenvalue weighted by Crippen LogP contribution is 2.05. The molecule has 2 aromatic rings. The van der Waals surface area contributed by atoms with Crippen molar-refractivity contribution in [3.05, 3.63) is 44.6 Å². The molecular formula is C12H15N5O3. The van der Waals surface area contributed by atoms with Crippen molar-refractivity contribution in [1.82, 2.24) is 19.1 Å². The lowest BCUT2D eigenvalue weighted by molar-refractivity contribution is 0.410. The van der Waals surface area contributed by atoms with E-state index in [2.05, 4.69) is 15.0 Å². The van der Waals surface area contributed by atoms with E-state index in [1.54, 1.807) is 12.5 Å². The summed E-state index contributed by atoms with van der Waals surface area (Å²) < 4.78 is 1.92. The maximum absolute atomic E-state index is 11.9. The maximum Gasteiger partial charge on any atom is 0.333 e. The van der Waals surface area contributed by atoms with Crippen LogP contribution in [0.25, 0.3) is 0 Å². The summed E-state index contributed by atoms with van der Waals surface area (Å²) in [5.74, 6) is -0.386. The summed E-state index contributed by atoms with van der Waals surface area (Å²) in [7, 11) is 2.74. The first-order chi connectivity index (χ1) is 9.52. The van der Waals surface area contributed by atoms with Crippen molar-refractivity contribution < 1.29 is 5.11 Å². The molecule has 8 nitrogen and oxygen atoms in total. The number of imidazole rings is 1. The Labute approximate surface area is 114 Å². The number of hydrogen-bond donors (Lipinski definition) is 2. The second kappa shape index (κ2) is 5.55. The molecule has 0 unspecified atom stereocenters. The number of aromatic nitrogens is 4. The molecule has 0 aromatic carbocycles. The normalized spacial score (nSPS) is 11.3. The summed E-state index contributed by atoms with van der Waals surface area (Å²) in [6, 6.07) is 0. The van der Waals surface area contributed by atoms with Gasteiger partial charge in [0.05, 0.1) is 6.33 Å². The van der Waals surface area contributed by atoms with Crippen molar-refractivity contribution in [2.45, 2.75) is 6.42 Å². The third kappa shape index (κ3) is 2.53. The number of aliphatic imine (C=N–C) groups is 1. The number of aromatic amines is 1. The molecule has 2 rings (SSSR count). The molecular weight excluding hydrogens is 262 g/mol. The highest BCUT2D eigenvalue weighted by atomic mass is 16.3. The molecule has 0 amide bonds. The van der Waals surface area contributed by atoms with Crippen LogP contribution in [0.3, 0.4) is 0 Å². The lowest BCUT2D eigenvalue weighted by atomic mass is 10.3. The van der Waals surface area contributed by atoms with Gasteiger partial charge in [-0.25, -0.2) is 9.78 Å². The van der Waals surface area contributed by atoms with Gasteiger partial charge in [-0.1, -0.05) is 0 Å². The van der Waals surface area contributed by atoms with Gasteiger partial charge in [-0.3, -0.25) is 18.9 Å². The molecule has 0 bridgehead atoms. The number of aromatic hydroxyl groups is 1. The molecule has 0 fully saturated rings. The molecule has 20 heavy (non-hydrogen) atoms. The topological polar surface area (TPSA) is 105 Å². The zero-order chi connectivity index (χ0) is 14.7. The quantitative estimate of drug-likeness (QED) is 0.712. The first-order valence-corrected chi connectivity index (χ1v) is 5.98. The second-order valence-corrected chi connectivity index (χ2v) is 4.31. The second-order valence-electron chi connectivity index (χ2n) is 4.31. The zero-order valence-electron chi connectivity index (χ0n) is 11.2. The van der Waals surface area contributed by atoms with E-state index in [0.29, 0.717) is 13.0 Å². The lowest BCUT2D eigenvalue weighted by Gasteiger charge is -2.06. The van der Waals surface area contributed by atoms with Crippen molar-refractivity contribution >= 4 is 6.21 Å². The van der Waals surface area contributed by atoms with Gasteiger partial charge in [-0.15, -0.1) is 0 Å². The minimum absolute atomic E-state index is 0.000731. The van der Waals surface area contributed by atoms with Gasteiger partial charge in [0, 0.05) is 45.2 Å². The van der Waals surface area contributed by atoms with E-state index in [4.69, 9.17) is 0 Å². The Kier molecular flexibility index (Phi) is 3.83. The molecule has 0 aliphatic heterocycles. The van der Waals surface area contributed by atoms with Gasteiger partial charge in [0.2, 0.25) is 5.88 Å². The molecule has 2 aromatic heterocycles. The molecule has 0 saturated carbocycles. The van der Waals surface area contributed by atoms with E-state index in [0.717, 1.165) is 14.8 Å². The number of nitrogens with one attached hydrogen (secondary N) is 1. The fourth-order valence-corrected chi connectivity index (χ4v) is 1.73. The molecule has 0 aliphatic carbocycles. The molecule has 106 valence electrons. The summed E-state index contributed by atoms with van der Waals surface area (Å²) in [5.41, 5.74) is -0.225. The molecule has 0 atom stereocenters. The SMILES string of the molecule is Cn1c(O)c(C=NCCc2cnc[nH]2)c(=O)n(C)c1=O. The Bertz CT molecular complexity index is 740. The number of rotatable bonds is 4. The summed E-state index contributed by atoms with van der Waals surface area (Å²) >= 11 is 0. The number of nitrogens with zero attached hydrogens (tertiary/aromatic N) is 4. The van der Waals surface area contributed by atoms with Crippen molar-refractivity contribution in [3.63, 3.8) is 0 Å². The predicted molar refractivity (Wildman–Crippen MR) is 73.3 cm³/mol. The first kappa shape index (κ1) is 13.8. The van der Waals surface area contributed by atoms with Crippen LogP contribution in [-0.4, -0.2) is 37.0 Å². The highest BCUT2D eigenvalue weighted by Gasteiger charge is 2.12. The summed E-state index contributed by atoms with van der Waals surface area (Å²) in [4.78, 5) is 34.3. The van der Waals surface area contributed by atoms with Crippen LogP contribution in [0.1, 0.15) is 11.3 Å². The Morgan fingerprint density at radius 1 is 1.40 bits per heavy atom. The molecule has 0 radical (unpaired) electrons. The van der Waals surface area contributed by atoms with Crippen molar-refractivity contribution in [3.8, 4) is 5.88 Å². The van der Waals surface area contributed by atoms with Gasteiger partial charge >= 0.3 is 5.69 Å². The van der Waals surface area contributed by atoms with Crippen LogP contribution < -0.4 is 11.2 Å². The third-order valence-electron chi connectivity index (χ3n) is 2.95. The van der Waals surface area contributed by atoms with E-state index >= 15 is 0 Å². The van der Waals surface area contributed by atoms with E-state index in [9.17, 15) is 14.7 Å². The number of H-pyrrole nitrogens is 1. The smallest absolute Gasteiger partial charge is 0.333 e. The predicted octanol–water partition coefficient (Wildman–Crippen LogP) is -0.826. The van der Waals surface area contributed by atoms with Crippen LogP contribution in [0.5, 0.6) is 5.88 Å². The standard InChI is InChI=1S/C12H15N5O3/c1-16-10(18)9(11(19)17(2)12(16)20)6-13-4-3-8-5-14-7-15-8/h5-7,18H,3-4H2,1-2H3,(H,14,15). The maximum atomic E-state index is 11.9. The van der Waals surface area contributed by atoms with Crippen LogP contribution in [-0.2, 0) is 20.5 Å². The van der Waals surface area contributed by atoms with E-state index in [1.165, 1.54) is 20.3 Å². The minimum Gasteiger partial charge on any atom is -0.494 e. The van der Waals surface area contributed by atoms with E-state index < -0.39 is 11.2 Å². The average molecular weight is 277 g/mol. The Morgan fingerprint density at radius 3 is 2.80 bits per heavy atom. The van der Waals surface area contributed by atoms with Crippen LogP contribution in [0.15, 0.2) is 27.1 Å². The monoisotopic (exact) mass is 277 g/mol. The number of hydrogen-bond acceptors (Lipinski definition) is 5. The van der Waals surface area contributed by atoms with Gasteiger partial charge in [0.15, 0.2) is 0 Å². The molecule has 2 heterocycles. The zero-order valence-corrected chi connectivity index (χ0v) is 11.2. The Hall–Kier alpha value is -2.64. The Balaban J connectivity index is 2.21. The molecule has 0 aliphatic rings. The van der Waals surface area contributed by atoms with Gasteiger partial charge in [0.1, 0.15) is 5.56 Å². The molecule has 8 heteroatoms. The fourth-order valence-electron chi connectivity index (χ4n) is 1.73. The fraction of sp³-hybridized carbons (Fsp3) is 0.333. The molecule has 2 N–H and O–H groups in total. The van der Waals surface area contributed by atoms with Crippen molar-refractivity contribution in [1.29, 1.82) is 0 Å². The van der Waals surface area contributed by atoms with Crippen LogP contribution in [0.4, 0.5) is 0 Å². The first-order valence-electron chi connectivity index (χ1n) is 5.98. The van der Waals surface area contributed by atoms with E-state index in [1.807, 2.05) is 0 Å². The van der Waals surface area contributed by atoms with Gasteiger partial charge in [-0.2, -0.15) is 0 Å². The van der Waals surface area contributed by atoms with E-state index in [-0.39, 0.29) is 11.4 Å². The largest absolute Gasteiger partial charge is 0.494 e. The van der Waals surface area contributed by atoms with Crippen LogP contribution in [0.2, 0.25) is 0 Å². The lowest BCUT2D eigenvalue weighted by Crippen LogP contribution is -2.38. The van der Waals surface area contributed by atoms with Gasteiger partial charge in [-0.05, 0) is 0 Å². The Morgan fingerprint density at radius 2 is 2.15 bits per heavy atom. The summed E-state index contributed by atoms with van der Waals surface area (Å²) in [6.45, 7) is 0.438. The third-order valence-corrected chi connectivity index (χ3v) is 2.95. The van der Waals surface area contributed by atoms with Crippen molar-refractivity contribution in [2.24, 2.45) is 19.1 Å². The minimum atomic E-state index is -0.581. The highest BCUT2D eigenvalue weighted by molar-refractivity contribution is 5.81. The molecule has 0 spiro atoms. The van der Waals surface area contributed by atoms with Crippen LogP contribution in [0, 0.1) is 0 Å².